The zero-order valence-electron chi connectivity index (χ0n) is 19.4. The number of ether oxygens (including phenoxy) is 1. The molecule has 34 heavy (non-hydrogen) atoms. The van der Waals surface area contributed by atoms with Crippen LogP contribution in [-0.2, 0) is 13.0 Å². The van der Waals surface area contributed by atoms with Crippen molar-refractivity contribution >= 4 is 17.2 Å². The minimum atomic E-state index is -1.04. The predicted molar refractivity (Wildman–Crippen MR) is 129 cm³/mol. The number of halogens is 2. The highest BCUT2D eigenvalue weighted by Crippen LogP contribution is 2.31. The van der Waals surface area contributed by atoms with Crippen molar-refractivity contribution in [1.82, 2.24) is 19.7 Å². The lowest BCUT2D eigenvalue weighted by atomic mass is 10.0. The SMILES string of the molecule is CCc1cc(Nc2nccn3c(-c4ccc(OC)c(F)c4F)cnc23)ccc1CNC[C@@H](C)N. The molecule has 0 spiro atoms. The smallest absolute Gasteiger partial charge is 0.201 e. The van der Waals surface area contributed by atoms with Crippen molar-refractivity contribution in [2.45, 2.75) is 32.9 Å². The summed E-state index contributed by atoms with van der Waals surface area (Å²) in [5, 5.41) is 6.68. The first-order chi connectivity index (χ1) is 16.4. The van der Waals surface area contributed by atoms with Gasteiger partial charge in [0.1, 0.15) is 0 Å². The Kier molecular flexibility index (Phi) is 7.04. The highest BCUT2D eigenvalue weighted by Gasteiger charge is 2.19. The van der Waals surface area contributed by atoms with Gasteiger partial charge >= 0.3 is 0 Å². The summed E-state index contributed by atoms with van der Waals surface area (Å²) in [4.78, 5) is 8.83. The van der Waals surface area contributed by atoms with E-state index in [9.17, 15) is 8.78 Å². The van der Waals surface area contributed by atoms with E-state index in [1.165, 1.54) is 36.6 Å². The summed E-state index contributed by atoms with van der Waals surface area (Å²) in [5.74, 6) is -1.67. The number of rotatable bonds is 9. The summed E-state index contributed by atoms with van der Waals surface area (Å²) in [6, 6.07) is 9.10. The van der Waals surface area contributed by atoms with Crippen LogP contribution in [0.1, 0.15) is 25.0 Å². The molecule has 0 aliphatic heterocycles. The van der Waals surface area contributed by atoms with Gasteiger partial charge in [-0.05, 0) is 48.7 Å². The van der Waals surface area contributed by atoms with Crippen molar-refractivity contribution < 1.29 is 13.5 Å². The van der Waals surface area contributed by atoms with Gasteiger partial charge < -0.3 is 21.1 Å². The van der Waals surface area contributed by atoms with E-state index in [0.29, 0.717) is 17.2 Å². The standard InChI is InChI=1S/C25H28F2N6O/c1-4-16-11-18(6-5-17(16)13-29-12-15(2)28)32-24-25-31-14-20(33(25)10-9-30-24)19-7-8-21(34-3)23(27)22(19)26/h5-11,14-15,29H,4,12-13,28H2,1-3H3,(H,30,32)/t15-/m1/s1. The predicted octanol–water partition coefficient (Wildman–Crippen LogP) is 4.43. The molecule has 2 aromatic heterocycles. The Balaban J connectivity index is 1.63. The quantitative estimate of drug-likeness (QED) is 0.338. The lowest BCUT2D eigenvalue weighted by Crippen LogP contribution is -2.30. The zero-order chi connectivity index (χ0) is 24.2. The van der Waals surface area contributed by atoms with Crippen LogP contribution in [0.25, 0.3) is 16.9 Å². The van der Waals surface area contributed by atoms with E-state index < -0.39 is 11.6 Å². The van der Waals surface area contributed by atoms with E-state index in [2.05, 4.69) is 39.7 Å². The molecule has 0 saturated carbocycles. The van der Waals surface area contributed by atoms with Crippen molar-refractivity contribution in [2.24, 2.45) is 5.73 Å². The van der Waals surface area contributed by atoms with Crippen LogP contribution in [0.5, 0.6) is 5.75 Å². The maximum atomic E-state index is 14.7. The molecule has 4 N–H and O–H groups in total. The van der Waals surface area contributed by atoms with Crippen LogP contribution in [0.4, 0.5) is 20.3 Å². The first-order valence-corrected chi connectivity index (χ1v) is 11.1. The molecule has 4 rings (SSSR count). The number of methoxy groups -OCH3 is 1. The molecule has 1 atom stereocenters. The Labute approximate surface area is 197 Å². The van der Waals surface area contributed by atoms with Crippen LogP contribution in [0.3, 0.4) is 0 Å². The molecule has 7 nitrogen and oxygen atoms in total. The number of nitrogens with one attached hydrogen (secondary N) is 2. The third kappa shape index (κ3) is 4.71. The second-order valence-electron chi connectivity index (χ2n) is 8.13. The van der Waals surface area contributed by atoms with Gasteiger partial charge in [-0.2, -0.15) is 4.39 Å². The molecule has 0 amide bonds. The van der Waals surface area contributed by atoms with E-state index in [4.69, 9.17) is 10.5 Å². The number of hydrogen-bond donors (Lipinski definition) is 3. The Morgan fingerprint density at radius 2 is 1.94 bits per heavy atom. The largest absolute Gasteiger partial charge is 0.494 e. The van der Waals surface area contributed by atoms with E-state index in [0.717, 1.165) is 25.2 Å². The van der Waals surface area contributed by atoms with E-state index in [-0.39, 0.29) is 17.4 Å². The highest BCUT2D eigenvalue weighted by molar-refractivity contribution is 5.75. The number of benzene rings is 2. The number of aryl methyl sites for hydroxylation is 1. The van der Waals surface area contributed by atoms with Gasteiger partial charge in [0.15, 0.2) is 23.0 Å². The lowest BCUT2D eigenvalue weighted by molar-refractivity contribution is 0.372. The molecule has 2 aromatic carbocycles. The molecule has 4 aromatic rings. The molecule has 9 heteroatoms. The van der Waals surface area contributed by atoms with Gasteiger partial charge in [0.25, 0.3) is 0 Å². The molecule has 178 valence electrons. The minimum absolute atomic E-state index is 0.0832. The Bertz CT molecular complexity index is 1300. The average Bonchev–Trinajstić information content (AvgIpc) is 3.26. The van der Waals surface area contributed by atoms with Crippen molar-refractivity contribution in [3.05, 3.63) is 71.7 Å². The first kappa shape index (κ1) is 23.6. The molecule has 0 saturated heterocycles. The van der Waals surface area contributed by atoms with Crippen molar-refractivity contribution in [3.63, 3.8) is 0 Å². The average molecular weight is 467 g/mol. The van der Waals surface area contributed by atoms with E-state index >= 15 is 0 Å². The van der Waals surface area contributed by atoms with Crippen LogP contribution in [-0.4, -0.2) is 34.1 Å². The fourth-order valence-electron chi connectivity index (χ4n) is 3.87. The molecule has 0 unspecified atom stereocenters. The second kappa shape index (κ2) is 10.1. The van der Waals surface area contributed by atoms with Gasteiger partial charge in [-0.3, -0.25) is 4.40 Å². The Morgan fingerprint density at radius 3 is 2.68 bits per heavy atom. The Morgan fingerprint density at radius 1 is 1.12 bits per heavy atom. The lowest BCUT2D eigenvalue weighted by Gasteiger charge is -2.14. The topological polar surface area (TPSA) is 89.5 Å². The monoisotopic (exact) mass is 466 g/mol. The fourth-order valence-corrected chi connectivity index (χ4v) is 3.87. The minimum Gasteiger partial charge on any atom is -0.494 e. The van der Waals surface area contributed by atoms with Gasteiger partial charge in [0.05, 0.1) is 19.0 Å². The summed E-state index contributed by atoms with van der Waals surface area (Å²) in [7, 11) is 1.29. The van der Waals surface area contributed by atoms with Crippen LogP contribution in [0, 0.1) is 11.6 Å². The maximum Gasteiger partial charge on any atom is 0.201 e. The molecular weight excluding hydrogens is 438 g/mol. The second-order valence-corrected chi connectivity index (χ2v) is 8.13. The van der Waals surface area contributed by atoms with E-state index in [1.54, 1.807) is 16.8 Å². The third-order valence-corrected chi connectivity index (χ3v) is 5.60. The molecule has 2 heterocycles. The third-order valence-electron chi connectivity index (χ3n) is 5.60. The number of hydrogen-bond acceptors (Lipinski definition) is 6. The first-order valence-electron chi connectivity index (χ1n) is 11.1. The number of aromatic nitrogens is 3. The zero-order valence-corrected chi connectivity index (χ0v) is 19.4. The summed E-state index contributed by atoms with van der Waals surface area (Å²) in [6.45, 7) is 5.56. The Hall–Kier alpha value is -3.56. The van der Waals surface area contributed by atoms with Crippen molar-refractivity contribution in [3.8, 4) is 17.0 Å². The van der Waals surface area contributed by atoms with Crippen molar-refractivity contribution in [2.75, 3.05) is 19.0 Å². The molecular formula is C25H28F2N6O. The van der Waals surface area contributed by atoms with Crippen LogP contribution < -0.4 is 21.1 Å². The van der Waals surface area contributed by atoms with Gasteiger partial charge in [-0.25, -0.2) is 14.4 Å². The fraction of sp³-hybridized carbons (Fsp3) is 0.280. The molecule has 0 bridgehead atoms. The van der Waals surface area contributed by atoms with Gasteiger partial charge in [0, 0.05) is 42.8 Å². The summed E-state index contributed by atoms with van der Waals surface area (Å²) >= 11 is 0. The summed E-state index contributed by atoms with van der Waals surface area (Å²) < 4.78 is 35.5. The summed E-state index contributed by atoms with van der Waals surface area (Å²) in [5.41, 5.74) is 10.1. The molecule has 0 fully saturated rings. The number of anilines is 2. The number of nitrogens with two attached hydrogens (primary N) is 1. The summed E-state index contributed by atoms with van der Waals surface area (Å²) in [6.07, 6.45) is 5.62. The number of nitrogens with zero attached hydrogens (tertiary/aromatic N) is 3. The normalized spacial score (nSPS) is 12.2. The molecule has 0 radical (unpaired) electrons. The number of imidazole rings is 1. The van der Waals surface area contributed by atoms with Gasteiger partial charge in [0.2, 0.25) is 5.82 Å². The van der Waals surface area contributed by atoms with Crippen LogP contribution >= 0.6 is 0 Å². The maximum absolute atomic E-state index is 14.7. The van der Waals surface area contributed by atoms with Crippen LogP contribution in [0.15, 0.2) is 48.9 Å². The van der Waals surface area contributed by atoms with Crippen LogP contribution in [0.2, 0.25) is 0 Å². The molecule has 0 aliphatic rings. The van der Waals surface area contributed by atoms with E-state index in [1.807, 2.05) is 13.0 Å². The van der Waals surface area contributed by atoms with Gasteiger partial charge in [-0.1, -0.05) is 13.0 Å². The highest BCUT2D eigenvalue weighted by atomic mass is 19.2. The van der Waals surface area contributed by atoms with Gasteiger partial charge in [-0.15, -0.1) is 0 Å². The van der Waals surface area contributed by atoms with Crippen molar-refractivity contribution in [1.29, 1.82) is 0 Å². The molecule has 0 aliphatic carbocycles. The number of fused-ring (bicyclic) bond motifs is 1.